The van der Waals surface area contributed by atoms with Crippen LogP contribution in [-0.2, 0) is 5.60 Å². The van der Waals surface area contributed by atoms with E-state index in [-0.39, 0.29) is 0 Å². The van der Waals surface area contributed by atoms with Gasteiger partial charge in [-0.05, 0) is 25.3 Å². The van der Waals surface area contributed by atoms with Crippen molar-refractivity contribution in [1.29, 1.82) is 0 Å². The zero-order valence-corrected chi connectivity index (χ0v) is 8.99. The summed E-state index contributed by atoms with van der Waals surface area (Å²) in [7, 11) is 0. The van der Waals surface area contributed by atoms with Gasteiger partial charge >= 0.3 is 0 Å². The number of anilines is 1. The molecule has 1 atom stereocenters. The van der Waals surface area contributed by atoms with Gasteiger partial charge in [-0.1, -0.05) is 19.9 Å². The smallest absolute Gasteiger partial charge is 0.129 e. The second-order valence-corrected chi connectivity index (χ2v) is 4.31. The highest BCUT2D eigenvalue weighted by Gasteiger charge is 2.26. The summed E-state index contributed by atoms with van der Waals surface area (Å²) in [5.74, 6) is 0.836. The minimum Gasteiger partial charge on any atom is -0.385 e. The number of rotatable bonds is 3. The summed E-state index contributed by atoms with van der Waals surface area (Å²) in [4.78, 5) is 3.97. The lowest BCUT2D eigenvalue weighted by molar-refractivity contribution is 0.0353. The summed E-state index contributed by atoms with van der Waals surface area (Å²) in [6, 6.07) is 3.62. The van der Waals surface area contributed by atoms with Crippen molar-refractivity contribution in [2.24, 2.45) is 5.92 Å². The van der Waals surface area contributed by atoms with Crippen molar-refractivity contribution in [2.75, 3.05) is 5.73 Å². The molecule has 0 saturated heterocycles. The van der Waals surface area contributed by atoms with Crippen molar-refractivity contribution in [3.8, 4) is 0 Å². The van der Waals surface area contributed by atoms with E-state index in [0.29, 0.717) is 23.7 Å². The highest BCUT2D eigenvalue weighted by Crippen LogP contribution is 2.30. The third kappa shape index (κ3) is 2.45. The van der Waals surface area contributed by atoms with Gasteiger partial charge in [0.1, 0.15) is 5.82 Å². The molecule has 0 amide bonds. The Labute approximate surface area is 85.0 Å². The van der Waals surface area contributed by atoms with Crippen molar-refractivity contribution in [3.05, 3.63) is 23.9 Å². The molecule has 1 heterocycles. The number of pyridine rings is 1. The quantitative estimate of drug-likeness (QED) is 0.772. The van der Waals surface area contributed by atoms with E-state index in [1.165, 1.54) is 0 Å². The third-order valence-corrected chi connectivity index (χ3v) is 2.22. The van der Waals surface area contributed by atoms with Gasteiger partial charge in [-0.15, -0.1) is 0 Å². The Morgan fingerprint density at radius 1 is 1.57 bits per heavy atom. The van der Waals surface area contributed by atoms with Crippen LogP contribution in [0.15, 0.2) is 18.3 Å². The van der Waals surface area contributed by atoms with E-state index in [1.54, 1.807) is 19.2 Å². The number of aromatic nitrogens is 1. The SMILES string of the molecule is CC(C)CC(C)(O)c1cccnc1N. The van der Waals surface area contributed by atoms with E-state index < -0.39 is 5.60 Å². The number of hydrogen-bond acceptors (Lipinski definition) is 3. The Kier molecular flexibility index (Phi) is 3.11. The van der Waals surface area contributed by atoms with Gasteiger partial charge in [-0.2, -0.15) is 0 Å². The highest BCUT2D eigenvalue weighted by atomic mass is 16.3. The van der Waals surface area contributed by atoms with Gasteiger partial charge in [0.25, 0.3) is 0 Å². The molecule has 0 fully saturated rings. The molecule has 1 aromatic heterocycles. The third-order valence-electron chi connectivity index (χ3n) is 2.22. The lowest BCUT2D eigenvalue weighted by Crippen LogP contribution is -2.25. The van der Waals surface area contributed by atoms with Crippen LogP contribution < -0.4 is 5.73 Å². The van der Waals surface area contributed by atoms with E-state index in [4.69, 9.17) is 5.73 Å². The molecule has 0 spiro atoms. The van der Waals surface area contributed by atoms with Crippen LogP contribution in [0.2, 0.25) is 0 Å². The zero-order chi connectivity index (χ0) is 10.8. The molecule has 0 aromatic carbocycles. The first kappa shape index (κ1) is 11.0. The maximum Gasteiger partial charge on any atom is 0.129 e. The molecule has 0 aliphatic rings. The average Bonchev–Trinajstić information content (AvgIpc) is 2.02. The predicted octanol–water partition coefficient (Wildman–Crippen LogP) is 1.92. The molecule has 0 aliphatic heterocycles. The lowest BCUT2D eigenvalue weighted by atomic mass is 9.88. The molecule has 1 rings (SSSR count). The topological polar surface area (TPSA) is 59.1 Å². The first-order valence-electron chi connectivity index (χ1n) is 4.87. The first-order chi connectivity index (χ1) is 6.43. The van der Waals surface area contributed by atoms with E-state index >= 15 is 0 Å². The van der Waals surface area contributed by atoms with Crippen LogP contribution in [0.25, 0.3) is 0 Å². The minimum absolute atomic E-state index is 0.415. The fourth-order valence-electron chi connectivity index (χ4n) is 1.78. The summed E-state index contributed by atoms with van der Waals surface area (Å²) < 4.78 is 0. The van der Waals surface area contributed by atoms with Gasteiger partial charge in [0.05, 0.1) is 5.60 Å². The Hall–Kier alpha value is -1.09. The molecule has 0 radical (unpaired) electrons. The van der Waals surface area contributed by atoms with Crippen molar-refractivity contribution >= 4 is 5.82 Å². The fourth-order valence-corrected chi connectivity index (χ4v) is 1.78. The largest absolute Gasteiger partial charge is 0.385 e. The van der Waals surface area contributed by atoms with Gasteiger partial charge in [0, 0.05) is 11.8 Å². The van der Waals surface area contributed by atoms with E-state index in [2.05, 4.69) is 18.8 Å². The summed E-state index contributed by atoms with van der Waals surface area (Å²) in [6.07, 6.45) is 2.31. The van der Waals surface area contributed by atoms with Gasteiger partial charge in [-0.3, -0.25) is 0 Å². The van der Waals surface area contributed by atoms with Crippen LogP contribution in [0.3, 0.4) is 0 Å². The van der Waals surface area contributed by atoms with Crippen molar-refractivity contribution in [2.45, 2.75) is 32.8 Å². The molecule has 1 aromatic rings. The zero-order valence-electron chi connectivity index (χ0n) is 8.99. The Morgan fingerprint density at radius 3 is 2.71 bits per heavy atom. The molecule has 14 heavy (non-hydrogen) atoms. The normalized spacial score (nSPS) is 15.5. The standard InChI is InChI=1S/C11H18N2O/c1-8(2)7-11(3,14)9-5-4-6-13-10(9)12/h4-6,8,14H,7H2,1-3H3,(H2,12,13). The molecule has 0 saturated carbocycles. The van der Waals surface area contributed by atoms with Crippen LogP contribution in [0.4, 0.5) is 5.82 Å². The highest BCUT2D eigenvalue weighted by molar-refractivity contribution is 5.42. The monoisotopic (exact) mass is 194 g/mol. The molecule has 1 unspecified atom stereocenters. The minimum atomic E-state index is -0.882. The number of nitrogens with zero attached hydrogens (tertiary/aromatic N) is 1. The Morgan fingerprint density at radius 2 is 2.21 bits per heavy atom. The van der Waals surface area contributed by atoms with Crippen LogP contribution in [-0.4, -0.2) is 10.1 Å². The van der Waals surface area contributed by atoms with Gasteiger partial charge in [0.15, 0.2) is 0 Å². The number of nitrogen functional groups attached to an aromatic ring is 1. The molecule has 0 bridgehead atoms. The predicted molar refractivity (Wildman–Crippen MR) is 57.7 cm³/mol. The summed E-state index contributed by atoms with van der Waals surface area (Å²) in [5.41, 5.74) is 5.55. The molecule has 3 nitrogen and oxygen atoms in total. The van der Waals surface area contributed by atoms with Crippen LogP contribution in [0.5, 0.6) is 0 Å². The number of hydrogen-bond donors (Lipinski definition) is 2. The van der Waals surface area contributed by atoms with Gasteiger partial charge in [-0.25, -0.2) is 4.98 Å². The van der Waals surface area contributed by atoms with Crippen molar-refractivity contribution < 1.29 is 5.11 Å². The summed E-state index contributed by atoms with van der Waals surface area (Å²) >= 11 is 0. The van der Waals surface area contributed by atoms with E-state index in [9.17, 15) is 5.11 Å². The number of aliphatic hydroxyl groups is 1. The van der Waals surface area contributed by atoms with Crippen LogP contribution in [0, 0.1) is 5.92 Å². The second kappa shape index (κ2) is 3.96. The summed E-state index contributed by atoms with van der Waals surface area (Å²) in [6.45, 7) is 5.92. The van der Waals surface area contributed by atoms with Crippen LogP contribution in [0.1, 0.15) is 32.8 Å². The van der Waals surface area contributed by atoms with Gasteiger partial charge < -0.3 is 10.8 Å². The average molecular weight is 194 g/mol. The molecule has 78 valence electrons. The second-order valence-electron chi connectivity index (χ2n) is 4.31. The van der Waals surface area contributed by atoms with Crippen molar-refractivity contribution in [1.82, 2.24) is 4.98 Å². The maximum absolute atomic E-state index is 10.2. The van der Waals surface area contributed by atoms with Crippen LogP contribution >= 0.6 is 0 Å². The fraction of sp³-hybridized carbons (Fsp3) is 0.545. The van der Waals surface area contributed by atoms with E-state index in [1.807, 2.05) is 6.07 Å². The Balaban J connectivity index is 2.97. The first-order valence-corrected chi connectivity index (χ1v) is 4.87. The molecular weight excluding hydrogens is 176 g/mol. The molecular formula is C11H18N2O. The summed E-state index contributed by atoms with van der Waals surface area (Å²) in [5, 5.41) is 10.2. The molecule has 0 aliphatic carbocycles. The van der Waals surface area contributed by atoms with E-state index in [0.717, 1.165) is 0 Å². The Bertz CT molecular complexity index is 308. The molecule has 3 heteroatoms. The lowest BCUT2D eigenvalue weighted by Gasteiger charge is -2.26. The van der Waals surface area contributed by atoms with Crippen molar-refractivity contribution in [3.63, 3.8) is 0 Å². The van der Waals surface area contributed by atoms with Gasteiger partial charge in [0.2, 0.25) is 0 Å². The maximum atomic E-state index is 10.2. The molecule has 3 N–H and O–H groups in total. The number of nitrogens with two attached hydrogens (primary N) is 1.